The highest BCUT2D eigenvalue weighted by atomic mass is 35.5. The molecular formula is C35H36Cl2N8O4. The number of ether oxygens (including phenoxy) is 1. The van der Waals surface area contributed by atoms with Gasteiger partial charge in [-0.1, -0.05) is 41.4 Å². The van der Waals surface area contributed by atoms with Crippen LogP contribution in [0.1, 0.15) is 39.4 Å². The third-order valence-corrected chi connectivity index (χ3v) is 8.56. The van der Waals surface area contributed by atoms with Gasteiger partial charge in [0.05, 0.1) is 35.8 Å². The molecule has 12 nitrogen and oxygen atoms in total. The van der Waals surface area contributed by atoms with Gasteiger partial charge >= 0.3 is 0 Å². The number of aryl methyl sites for hydroxylation is 3. The summed E-state index contributed by atoms with van der Waals surface area (Å²) in [6.45, 7) is 2.26. The Morgan fingerprint density at radius 2 is 1.88 bits per heavy atom. The van der Waals surface area contributed by atoms with Gasteiger partial charge in [-0.25, -0.2) is 9.97 Å². The van der Waals surface area contributed by atoms with Gasteiger partial charge in [0, 0.05) is 67.3 Å². The Morgan fingerprint density at radius 1 is 1.06 bits per heavy atom. The minimum Gasteiger partial charge on any atom is -0.487 e. The molecule has 0 bridgehead atoms. The molecule has 0 aliphatic heterocycles. The third-order valence-electron chi connectivity index (χ3n) is 7.78. The van der Waals surface area contributed by atoms with Crippen molar-refractivity contribution in [1.29, 1.82) is 0 Å². The number of carbonyl (C=O) groups excluding carboxylic acids is 3. The van der Waals surface area contributed by atoms with E-state index in [9.17, 15) is 14.4 Å². The van der Waals surface area contributed by atoms with Gasteiger partial charge in [-0.3, -0.25) is 19.4 Å². The Balaban J connectivity index is 1.21. The summed E-state index contributed by atoms with van der Waals surface area (Å²) in [5.74, 6) is -0.419. The van der Waals surface area contributed by atoms with Crippen LogP contribution in [-0.2, 0) is 36.2 Å². The fraction of sp³-hybridized carbons (Fsp3) is 0.257. The van der Waals surface area contributed by atoms with E-state index in [0.717, 1.165) is 28.0 Å². The highest BCUT2D eigenvalue weighted by Crippen LogP contribution is 2.36. The second-order valence-electron chi connectivity index (χ2n) is 11.4. The van der Waals surface area contributed by atoms with Gasteiger partial charge in [0.25, 0.3) is 5.91 Å². The summed E-state index contributed by atoms with van der Waals surface area (Å²) in [7, 11) is 5.03. The molecule has 3 heterocycles. The first-order valence-electron chi connectivity index (χ1n) is 15.4. The average molecular weight is 704 g/mol. The number of hydrogen-bond donors (Lipinski definition) is 3. The number of carbonyl (C=O) groups is 3. The summed E-state index contributed by atoms with van der Waals surface area (Å²) in [6.07, 6.45) is 5.82. The lowest BCUT2D eigenvalue weighted by molar-refractivity contribution is -0.124. The summed E-state index contributed by atoms with van der Waals surface area (Å²) >= 11 is 13.4. The quantitative estimate of drug-likeness (QED) is 0.151. The maximum absolute atomic E-state index is 13.1. The number of halogens is 2. The molecule has 0 saturated carbocycles. The van der Waals surface area contributed by atoms with Crippen LogP contribution in [0.3, 0.4) is 0 Å². The molecule has 254 valence electrons. The maximum Gasteiger partial charge on any atom is 0.269 e. The van der Waals surface area contributed by atoms with E-state index in [4.69, 9.17) is 32.9 Å². The van der Waals surface area contributed by atoms with Crippen LogP contribution in [0.2, 0.25) is 10.0 Å². The molecule has 0 aliphatic carbocycles. The molecule has 0 unspecified atom stereocenters. The molecule has 0 atom stereocenters. The lowest BCUT2D eigenvalue weighted by Crippen LogP contribution is -2.38. The normalized spacial score (nSPS) is 10.9. The number of fused-ring (bicyclic) bond motifs is 1. The lowest BCUT2D eigenvalue weighted by atomic mass is 10.1. The van der Waals surface area contributed by atoms with Crippen LogP contribution in [-0.4, -0.2) is 57.9 Å². The molecule has 0 aliphatic rings. The van der Waals surface area contributed by atoms with Crippen LogP contribution in [0.5, 0.6) is 5.75 Å². The lowest BCUT2D eigenvalue weighted by Gasteiger charge is -2.21. The fourth-order valence-electron chi connectivity index (χ4n) is 5.09. The van der Waals surface area contributed by atoms with Crippen molar-refractivity contribution in [2.75, 3.05) is 30.9 Å². The number of rotatable bonds is 13. The fourth-order valence-corrected chi connectivity index (χ4v) is 5.70. The average Bonchev–Trinajstić information content (AvgIpc) is 3.52. The van der Waals surface area contributed by atoms with E-state index >= 15 is 0 Å². The second kappa shape index (κ2) is 15.8. The molecular weight excluding hydrogens is 667 g/mol. The largest absolute Gasteiger partial charge is 0.487 e. The number of anilines is 2. The summed E-state index contributed by atoms with van der Waals surface area (Å²) in [5, 5.41) is 10.1. The molecule has 3 N–H and O–H groups in total. The van der Waals surface area contributed by atoms with Gasteiger partial charge in [0.15, 0.2) is 0 Å². The first-order valence-corrected chi connectivity index (χ1v) is 16.2. The van der Waals surface area contributed by atoms with Crippen molar-refractivity contribution in [3.8, 4) is 5.75 Å². The van der Waals surface area contributed by atoms with Gasteiger partial charge in [-0.05, 0) is 49.2 Å². The third kappa shape index (κ3) is 8.64. The van der Waals surface area contributed by atoms with Gasteiger partial charge in [0.1, 0.15) is 23.6 Å². The van der Waals surface area contributed by atoms with E-state index in [1.165, 1.54) is 11.9 Å². The molecule has 0 spiro atoms. The molecule has 5 rings (SSSR count). The van der Waals surface area contributed by atoms with Crippen LogP contribution in [0, 0.1) is 6.92 Å². The number of imidazole rings is 1. The van der Waals surface area contributed by atoms with Gasteiger partial charge in [-0.15, -0.1) is 0 Å². The maximum atomic E-state index is 13.1. The molecule has 14 heteroatoms. The van der Waals surface area contributed by atoms with Crippen molar-refractivity contribution in [3.05, 3.63) is 106 Å². The Bertz CT molecular complexity index is 2000. The van der Waals surface area contributed by atoms with Gasteiger partial charge in [0.2, 0.25) is 11.8 Å². The molecule has 3 aromatic heterocycles. The standard InChI is InChI=1S/C35H36Cl2N8O4/c1-21-14-28(40-16-23-18-44(3)20-42-23)24-6-5-7-30(34(24)43-21)49-19-25-26(36)10-12-29(33(25)37)45(4)32(47)17-41-31(46)13-9-22-8-11-27(39-15-22)35(48)38-2/h5-8,10-12,14-15,18,20H,9,13,16-17,19H2,1-4H3,(H,38,48)(H,40,43)(H,41,46). The van der Waals surface area contributed by atoms with Crippen molar-refractivity contribution in [2.24, 2.45) is 7.05 Å². The van der Waals surface area contributed by atoms with E-state index in [1.54, 1.807) is 43.8 Å². The molecule has 3 amide bonds. The second-order valence-corrected chi connectivity index (χ2v) is 12.1. The Hall–Kier alpha value is -5.20. The minimum absolute atomic E-state index is 0.0225. The van der Waals surface area contributed by atoms with Crippen molar-refractivity contribution >= 4 is 63.2 Å². The Morgan fingerprint density at radius 3 is 2.59 bits per heavy atom. The minimum atomic E-state index is -0.375. The van der Waals surface area contributed by atoms with E-state index in [0.29, 0.717) is 46.2 Å². The molecule has 5 aromatic rings. The number of aromatic nitrogens is 4. The topological polar surface area (TPSA) is 143 Å². The van der Waals surface area contributed by atoms with Crippen LogP contribution >= 0.6 is 23.2 Å². The summed E-state index contributed by atoms with van der Waals surface area (Å²) < 4.78 is 8.14. The van der Waals surface area contributed by atoms with Crippen molar-refractivity contribution in [2.45, 2.75) is 32.9 Å². The van der Waals surface area contributed by atoms with Gasteiger partial charge < -0.3 is 30.2 Å². The summed E-state index contributed by atoms with van der Waals surface area (Å²) in [4.78, 5) is 51.8. The zero-order chi connectivity index (χ0) is 35.1. The SMILES string of the molecule is CNC(=O)c1ccc(CCC(=O)NCC(=O)N(C)c2ccc(Cl)c(COc3cccc4c(NCc5cn(C)cn5)cc(C)nc34)c2Cl)cn1. The first-order chi connectivity index (χ1) is 23.5. The number of benzene rings is 2. The molecule has 0 saturated heterocycles. The zero-order valence-electron chi connectivity index (χ0n) is 27.5. The highest BCUT2D eigenvalue weighted by Gasteiger charge is 2.20. The number of hydrogen-bond acceptors (Lipinski definition) is 8. The van der Waals surface area contributed by atoms with E-state index in [2.05, 4.69) is 25.9 Å². The zero-order valence-corrected chi connectivity index (χ0v) is 29.0. The monoisotopic (exact) mass is 702 g/mol. The van der Waals surface area contributed by atoms with Crippen LogP contribution < -0.4 is 25.6 Å². The smallest absolute Gasteiger partial charge is 0.269 e. The number of likely N-dealkylation sites (N-methyl/N-ethyl adjacent to an activating group) is 1. The summed E-state index contributed by atoms with van der Waals surface area (Å²) in [6, 6.07) is 14.3. The van der Waals surface area contributed by atoms with E-state index in [-0.39, 0.29) is 42.3 Å². The van der Waals surface area contributed by atoms with E-state index < -0.39 is 0 Å². The number of nitrogens with zero attached hydrogens (tertiary/aromatic N) is 5. The van der Waals surface area contributed by atoms with Crippen molar-refractivity contribution in [3.63, 3.8) is 0 Å². The summed E-state index contributed by atoms with van der Waals surface area (Å²) in [5.41, 5.74) is 5.30. The molecule has 49 heavy (non-hydrogen) atoms. The number of para-hydroxylation sites is 1. The first kappa shape index (κ1) is 35.1. The highest BCUT2D eigenvalue weighted by molar-refractivity contribution is 6.38. The van der Waals surface area contributed by atoms with Gasteiger partial charge in [-0.2, -0.15) is 0 Å². The van der Waals surface area contributed by atoms with Crippen molar-refractivity contribution in [1.82, 2.24) is 30.2 Å². The number of amides is 3. The molecule has 0 radical (unpaired) electrons. The van der Waals surface area contributed by atoms with Crippen LogP contribution in [0.25, 0.3) is 10.9 Å². The van der Waals surface area contributed by atoms with Crippen LogP contribution in [0.15, 0.2) is 67.3 Å². The van der Waals surface area contributed by atoms with Crippen molar-refractivity contribution < 1.29 is 19.1 Å². The van der Waals surface area contributed by atoms with Crippen LogP contribution in [0.4, 0.5) is 11.4 Å². The van der Waals surface area contributed by atoms with E-state index in [1.807, 2.05) is 49.0 Å². The predicted octanol–water partition coefficient (Wildman–Crippen LogP) is 5.24. The Kier molecular flexibility index (Phi) is 11.3. The predicted molar refractivity (Wildman–Crippen MR) is 190 cm³/mol. The number of nitrogens with one attached hydrogen (secondary N) is 3. The number of pyridine rings is 2. The Labute approximate surface area is 293 Å². The molecule has 2 aromatic carbocycles. The molecule has 0 fully saturated rings.